The summed E-state index contributed by atoms with van der Waals surface area (Å²) in [4.78, 5) is 11.6. The van der Waals surface area contributed by atoms with E-state index in [4.69, 9.17) is 4.74 Å². The standard InChI is InChI=1S/C14H18O2/c1-3-4-10-14(15)12(2)16-11-13-8-6-5-7-9-13/h3,5-9,12H,1,4,10-11H2,2H3/t12-/m1/s1. The molecule has 1 aromatic rings. The molecule has 0 aromatic heterocycles. The Morgan fingerprint density at radius 2 is 2.12 bits per heavy atom. The Kier molecular flexibility index (Phi) is 5.51. The number of benzene rings is 1. The lowest BCUT2D eigenvalue weighted by molar-refractivity contribution is -0.130. The SMILES string of the molecule is C=CCCC(=O)[C@@H](C)OCc1ccccc1. The van der Waals surface area contributed by atoms with E-state index >= 15 is 0 Å². The first-order valence-electron chi connectivity index (χ1n) is 5.53. The zero-order valence-corrected chi connectivity index (χ0v) is 9.69. The van der Waals surface area contributed by atoms with Gasteiger partial charge in [0.2, 0.25) is 0 Å². The molecule has 0 aliphatic rings. The van der Waals surface area contributed by atoms with Crippen molar-refractivity contribution in [1.82, 2.24) is 0 Å². The van der Waals surface area contributed by atoms with Gasteiger partial charge in [0.1, 0.15) is 6.10 Å². The maximum absolute atomic E-state index is 11.6. The Bertz CT molecular complexity index is 330. The number of ether oxygens (including phenoxy) is 1. The molecule has 0 radical (unpaired) electrons. The molecule has 0 N–H and O–H groups in total. The fraction of sp³-hybridized carbons (Fsp3) is 0.357. The predicted molar refractivity (Wildman–Crippen MR) is 65.1 cm³/mol. The molecule has 0 aliphatic carbocycles. The first-order valence-corrected chi connectivity index (χ1v) is 5.53. The van der Waals surface area contributed by atoms with Crippen LogP contribution >= 0.6 is 0 Å². The monoisotopic (exact) mass is 218 g/mol. The maximum atomic E-state index is 11.6. The van der Waals surface area contributed by atoms with Crippen LogP contribution in [-0.4, -0.2) is 11.9 Å². The zero-order valence-electron chi connectivity index (χ0n) is 9.69. The Morgan fingerprint density at radius 1 is 1.44 bits per heavy atom. The van der Waals surface area contributed by atoms with Crippen LogP contribution in [0.5, 0.6) is 0 Å². The molecule has 0 saturated heterocycles. The summed E-state index contributed by atoms with van der Waals surface area (Å²) < 4.78 is 5.50. The van der Waals surface area contributed by atoms with Gasteiger partial charge in [-0.05, 0) is 18.9 Å². The van der Waals surface area contributed by atoms with E-state index < -0.39 is 0 Å². The third-order valence-electron chi connectivity index (χ3n) is 2.39. The molecule has 0 fully saturated rings. The van der Waals surface area contributed by atoms with Crippen molar-refractivity contribution in [3.63, 3.8) is 0 Å². The fourth-order valence-electron chi connectivity index (χ4n) is 1.34. The van der Waals surface area contributed by atoms with Gasteiger partial charge in [0.05, 0.1) is 6.61 Å². The van der Waals surface area contributed by atoms with Crippen molar-refractivity contribution < 1.29 is 9.53 Å². The van der Waals surface area contributed by atoms with Crippen LogP contribution in [0.4, 0.5) is 0 Å². The van der Waals surface area contributed by atoms with Crippen molar-refractivity contribution in [1.29, 1.82) is 0 Å². The topological polar surface area (TPSA) is 26.3 Å². The van der Waals surface area contributed by atoms with E-state index in [1.54, 1.807) is 13.0 Å². The number of hydrogen-bond acceptors (Lipinski definition) is 2. The number of hydrogen-bond donors (Lipinski definition) is 0. The highest BCUT2D eigenvalue weighted by atomic mass is 16.5. The average Bonchev–Trinajstić information content (AvgIpc) is 2.34. The highest BCUT2D eigenvalue weighted by Crippen LogP contribution is 2.06. The lowest BCUT2D eigenvalue weighted by Crippen LogP contribution is -2.20. The van der Waals surface area contributed by atoms with E-state index in [-0.39, 0.29) is 11.9 Å². The van der Waals surface area contributed by atoms with Gasteiger partial charge in [-0.1, -0.05) is 36.4 Å². The van der Waals surface area contributed by atoms with E-state index in [2.05, 4.69) is 6.58 Å². The van der Waals surface area contributed by atoms with Crippen LogP contribution in [-0.2, 0) is 16.1 Å². The molecule has 0 spiro atoms. The molecule has 2 nitrogen and oxygen atoms in total. The van der Waals surface area contributed by atoms with E-state index in [1.807, 2.05) is 30.3 Å². The van der Waals surface area contributed by atoms with Crippen LogP contribution in [0, 0.1) is 0 Å². The van der Waals surface area contributed by atoms with E-state index in [0.717, 1.165) is 12.0 Å². The van der Waals surface area contributed by atoms with Gasteiger partial charge in [-0.25, -0.2) is 0 Å². The first kappa shape index (κ1) is 12.7. The Hall–Kier alpha value is -1.41. The lowest BCUT2D eigenvalue weighted by Gasteiger charge is -2.11. The van der Waals surface area contributed by atoms with E-state index in [9.17, 15) is 4.79 Å². The normalized spacial score (nSPS) is 12.1. The minimum absolute atomic E-state index is 0.135. The van der Waals surface area contributed by atoms with Crippen molar-refractivity contribution in [2.45, 2.75) is 32.5 Å². The van der Waals surface area contributed by atoms with Gasteiger partial charge in [0.25, 0.3) is 0 Å². The molecule has 86 valence electrons. The summed E-state index contributed by atoms with van der Waals surface area (Å²) in [7, 11) is 0. The van der Waals surface area contributed by atoms with Gasteiger partial charge in [0.15, 0.2) is 5.78 Å². The van der Waals surface area contributed by atoms with E-state index in [0.29, 0.717) is 13.0 Å². The van der Waals surface area contributed by atoms with Crippen LogP contribution in [0.1, 0.15) is 25.3 Å². The molecule has 0 bridgehead atoms. The highest BCUT2D eigenvalue weighted by Gasteiger charge is 2.11. The maximum Gasteiger partial charge on any atom is 0.161 e. The van der Waals surface area contributed by atoms with E-state index in [1.165, 1.54) is 0 Å². The molecule has 1 atom stereocenters. The average molecular weight is 218 g/mol. The molecule has 0 heterocycles. The quantitative estimate of drug-likeness (QED) is 0.657. The van der Waals surface area contributed by atoms with Crippen LogP contribution in [0.25, 0.3) is 0 Å². The van der Waals surface area contributed by atoms with Crippen LogP contribution in [0.15, 0.2) is 43.0 Å². The van der Waals surface area contributed by atoms with Gasteiger partial charge >= 0.3 is 0 Å². The Morgan fingerprint density at radius 3 is 2.75 bits per heavy atom. The predicted octanol–water partition coefficient (Wildman–Crippen LogP) is 3.13. The molecule has 1 aromatic carbocycles. The second-order valence-corrected chi connectivity index (χ2v) is 3.73. The summed E-state index contributed by atoms with van der Waals surface area (Å²) in [5.41, 5.74) is 1.09. The Labute approximate surface area is 96.9 Å². The summed E-state index contributed by atoms with van der Waals surface area (Å²) in [5.74, 6) is 0.135. The number of allylic oxidation sites excluding steroid dienone is 1. The van der Waals surface area contributed by atoms with Crippen LogP contribution in [0.2, 0.25) is 0 Å². The number of rotatable bonds is 7. The number of ketones is 1. The third kappa shape index (κ3) is 4.41. The van der Waals surface area contributed by atoms with Crippen molar-refractivity contribution in [3.8, 4) is 0 Å². The second-order valence-electron chi connectivity index (χ2n) is 3.73. The summed E-state index contributed by atoms with van der Waals surface area (Å²) in [6, 6.07) is 9.86. The largest absolute Gasteiger partial charge is 0.366 e. The number of Topliss-reactive ketones (excluding diaryl/α,β-unsaturated/α-hetero) is 1. The Balaban J connectivity index is 2.32. The van der Waals surface area contributed by atoms with Gasteiger partial charge in [0, 0.05) is 6.42 Å². The molecule has 1 rings (SSSR count). The van der Waals surface area contributed by atoms with Crippen LogP contribution in [0.3, 0.4) is 0 Å². The van der Waals surface area contributed by atoms with Gasteiger partial charge in [-0.15, -0.1) is 6.58 Å². The molecule has 0 aliphatic heterocycles. The molecular formula is C14H18O2. The summed E-state index contributed by atoms with van der Waals surface area (Å²) >= 11 is 0. The molecule has 2 heteroatoms. The molecule has 0 unspecified atom stereocenters. The summed E-state index contributed by atoms with van der Waals surface area (Å²) in [6.07, 6.45) is 2.65. The summed E-state index contributed by atoms with van der Waals surface area (Å²) in [6.45, 7) is 5.88. The molecular weight excluding hydrogens is 200 g/mol. The fourth-order valence-corrected chi connectivity index (χ4v) is 1.34. The number of carbonyl (C=O) groups excluding carboxylic acids is 1. The molecule has 0 saturated carbocycles. The van der Waals surface area contributed by atoms with Gasteiger partial charge < -0.3 is 4.74 Å². The smallest absolute Gasteiger partial charge is 0.161 e. The van der Waals surface area contributed by atoms with Crippen molar-refractivity contribution in [2.75, 3.05) is 0 Å². The number of carbonyl (C=O) groups is 1. The van der Waals surface area contributed by atoms with Crippen LogP contribution < -0.4 is 0 Å². The minimum Gasteiger partial charge on any atom is -0.366 e. The van der Waals surface area contributed by atoms with Crippen molar-refractivity contribution in [2.24, 2.45) is 0 Å². The lowest BCUT2D eigenvalue weighted by atomic mass is 10.1. The highest BCUT2D eigenvalue weighted by molar-refractivity contribution is 5.82. The van der Waals surface area contributed by atoms with Crippen molar-refractivity contribution >= 4 is 5.78 Å². The van der Waals surface area contributed by atoms with Gasteiger partial charge in [-0.2, -0.15) is 0 Å². The zero-order chi connectivity index (χ0) is 11.8. The molecule has 16 heavy (non-hydrogen) atoms. The third-order valence-corrected chi connectivity index (χ3v) is 2.39. The summed E-state index contributed by atoms with van der Waals surface area (Å²) in [5, 5.41) is 0. The second kappa shape index (κ2) is 6.96. The first-order chi connectivity index (χ1) is 7.74. The van der Waals surface area contributed by atoms with Crippen molar-refractivity contribution in [3.05, 3.63) is 48.6 Å². The van der Waals surface area contributed by atoms with Gasteiger partial charge in [-0.3, -0.25) is 4.79 Å². The molecule has 0 amide bonds. The minimum atomic E-state index is -0.333.